The van der Waals surface area contributed by atoms with Crippen LogP contribution in [-0.4, -0.2) is 59.0 Å². The number of nitrogens with zero attached hydrogens (tertiary/aromatic N) is 3. The first-order valence-corrected chi connectivity index (χ1v) is 12.2. The Balaban J connectivity index is 1.78. The van der Waals surface area contributed by atoms with Gasteiger partial charge in [0.1, 0.15) is 15.7 Å². The third-order valence-electron chi connectivity index (χ3n) is 4.75. The van der Waals surface area contributed by atoms with E-state index in [-0.39, 0.29) is 29.2 Å². The minimum Gasteiger partial charge on any atom is -0.338 e. The number of aryl methyl sites for hydroxylation is 3. The number of thioether (sulfide) groups is 1. The van der Waals surface area contributed by atoms with Crippen molar-refractivity contribution in [1.29, 1.82) is 0 Å². The fourth-order valence-corrected chi connectivity index (χ4v) is 7.18. The van der Waals surface area contributed by atoms with Crippen LogP contribution in [0.5, 0.6) is 0 Å². The third-order valence-corrected chi connectivity index (χ3v) is 8.56. The molecule has 1 fully saturated rings. The number of thiophene rings is 1. The van der Waals surface area contributed by atoms with Crippen molar-refractivity contribution in [3.8, 4) is 0 Å². The van der Waals surface area contributed by atoms with Gasteiger partial charge in [-0.2, -0.15) is 0 Å². The lowest BCUT2D eigenvalue weighted by Crippen LogP contribution is -2.41. The SMILES string of the molecule is CCN(C(=O)CSc1nc(C)nc2sc(C)c(C)c12)[C@H]1CCS(=O)(=O)C1. The highest BCUT2D eigenvalue weighted by molar-refractivity contribution is 8.00. The number of rotatable bonds is 5. The van der Waals surface area contributed by atoms with Crippen molar-refractivity contribution in [2.24, 2.45) is 0 Å². The van der Waals surface area contributed by atoms with Crippen LogP contribution in [0, 0.1) is 20.8 Å². The molecule has 1 aliphatic heterocycles. The van der Waals surface area contributed by atoms with Crippen molar-refractivity contribution in [2.75, 3.05) is 23.8 Å². The molecule has 0 saturated carbocycles. The molecular weight excluding hydrogens is 390 g/mol. The molecule has 142 valence electrons. The molecule has 0 N–H and O–H groups in total. The van der Waals surface area contributed by atoms with E-state index in [1.807, 2.05) is 13.8 Å². The topological polar surface area (TPSA) is 80.2 Å². The molecule has 0 bridgehead atoms. The van der Waals surface area contributed by atoms with Crippen LogP contribution >= 0.6 is 23.1 Å². The van der Waals surface area contributed by atoms with Crippen LogP contribution in [0.1, 0.15) is 29.6 Å². The van der Waals surface area contributed by atoms with E-state index in [0.717, 1.165) is 20.8 Å². The minimum absolute atomic E-state index is 0.0337. The lowest BCUT2D eigenvalue weighted by molar-refractivity contribution is -0.129. The fourth-order valence-electron chi connectivity index (χ4n) is 3.29. The van der Waals surface area contributed by atoms with E-state index in [4.69, 9.17) is 0 Å². The van der Waals surface area contributed by atoms with E-state index in [0.29, 0.717) is 18.8 Å². The monoisotopic (exact) mass is 413 g/mol. The molecule has 3 rings (SSSR count). The first kappa shape index (κ1) is 19.6. The van der Waals surface area contributed by atoms with Crippen LogP contribution in [-0.2, 0) is 14.6 Å². The number of sulfone groups is 1. The molecule has 1 amide bonds. The van der Waals surface area contributed by atoms with Gasteiger partial charge in [0, 0.05) is 22.8 Å². The van der Waals surface area contributed by atoms with E-state index in [2.05, 4.69) is 23.8 Å². The lowest BCUT2D eigenvalue weighted by atomic mass is 10.2. The maximum Gasteiger partial charge on any atom is 0.233 e. The number of carbonyl (C=O) groups is 1. The first-order valence-electron chi connectivity index (χ1n) is 8.59. The smallest absolute Gasteiger partial charge is 0.233 e. The summed E-state index contributed by atoms with van der Waals surface area (Å²) in [5, 5.41) is 1.86. The van der Waals surface area contributed by atoms with Crippen molar-refractivity contribution >= 4 is 49.1 Å². The Morgan fingerprint density at radius 3 is 2.65 bits per heavy atom. The minimum atomic E-state index is -3.01. The van der Waals surface area contributed by atoms with Crippen molar-refractivity contribution in [3.05, 3.63) is 16.3 Å². The predicted octanol–water partition coefficient (Wildman–Crippen LogP) is 2.74. The zero-order valence-electron chi connectivity index (χ0n) is 15.4. The van der Waals surface area contributed by atoms with Crippen molar-refractivity contribution in [2.45, 2.75) is 45.2 Å². The van der Waals surface area contributed by atoms with E-state index in [1.165, 1.54) is 16.6 Å². The second-order valence-electron chi connectivity index (χ2n) is 6.56. The molecule has 3 heterocycles. The Labute approximate surface area is 162 Å². The van der Waals surface area contributed by atoms with Gasteiger partial charge in [0.25, 0.3) is 0 Å². The molecule has 1 aliphatic rings. The van der Waals surface area contributed by atoms with Crippen LogP contribution in [0.4, 0.5) is 0 Å². The molecule has 0 radical (unpaired) electrons. The summed E-state index contributed by atoms with van der Waals surface area (Å²) in [5.74, 6) is 1.17. The summed E-state index contributed by atoms with van der Waals surface area (Å²) in [7, 11) is -3.01. The maximum absolute atomic E-state index is 12.7. The molecule has 2 aromatic rings. The number of amides is 1. The normalized spacial score (nSPS) is 19.2. The summed E-state index contributed by atoms with van der Waals surface area (Å²) in [6.45, 7) is 8.40. The molecule has 0 spiro atoms. The Kier molecular flexibility index (Phi) is 5.60. The molecule has 0 aromatic carbocycles. The zero-order valence-corrected chi connectivity index (χ0v) is 17.9. The van der Waals surface area contributed by atoms with Gasteiger partial charge in [0.2, 0.25) is 5.91 Å². The Hall–Kier alpha value is -1.19. The molecule has 2 aromatic heterocycles. The summed E-state index contributed by atoms with van der Waals surface area (Å²) >= 11 is 3.06. The van der Waals surface area contributed by atoms with Gasteiger partial charge in [0.05, 0.1) is 17.3 Å². The Morgan fingerprint density at radius 2 is 2.04 bits per heavy atom. The van der Waals surface area contributed by atoms with Crippen molar-refractivity contribution in [3.63, 3.8) is 0 Å². The number of aromatic nitrogens is 2. The summed E-state index contributed by atoms with van der Waals surface area (Å²) in [5.41, 5.74) is 1.16. The van der Waals surface area contributed by atoms with Gasteiger partial charge in [0.15, 0.2) is 9.84 Å². The molecule has 9 heteroatoms. The van der Waals surface area contributed by atoms with Gasteiger partial charge < -0.3 is 4.90 Å². The summed E-state index contributed by atoms with van der Waals surface area (Å²) in [6.07, 6.45) is 0.534. The second-order valence-corrected chi connectivity index (χ2v) is 11.0. The van der Waals surface area contributed by atoms with Gasteiger partial charge >= 0.3 is 0 Å². The van der Waals surface area contributed by atoms with Crippen LogP contribution in [0.2, 0.25) is 0 Å². The predicted molar refractivity (Wildman–Crippen MR) is 107 cm³/mol. The van der Waals surface area contributed by atoms with Gasteiger partial charge in [-0.05, 0) is 39.7 Å². The Bertz CT molecular complexity index is 953. The number of carbonyl (C=O) groups excluding carboxylic acids is 1. The maximum atomic E-state index is 12.7. The number of hydrogen-bond donors (Lipinski definition) is 0. The van der Waals surface area contributed by atoms with Crippen LogP contribution in [0.25, 0.3) is 10.2 Å². The molecule has 1 atom stereocenters. The van der Waals surface area contributed by atoms with Crippen molar-refractivity contribution < 1.29 is 13.2 Å². The van der Waals surface area contributed by atoms with Gasteiger partial charge in [-0.1, -0.05) is 11.8 Å². The van der Waals surface area contributed by atoms with Crippen LogP contribution in [0.3, 0.4) is 0 Å². The molecule has 26 heavy (non-hydrogen) atoms. The third kappa shape index (κ3) is 3.89. The van der Waals surface area contributed by atoms with E-state index < -0.39 is 9.84 Å². The van der Waals surface area contributed by atoms with Crippen molar-refractivity contribution in [1.82, 2.24) is 14.9 Å². The standard InChI is InChI=1S/C17H23N3O3S3/c1-5-20(13-6-7-26(22,23)9-13)14(21)8-24-16-15-10(2)11(3)25-17(15)19-12(4)18-16/h13H,5-9H2,1-4H3/t13-/m0/s1. The highest BCUT2D eigenvalue weighted by atomic mass is 32.2. The van der Waals surface area contributed by atoms with E-state index in [1.54, 1.807) is 16.2 Å². The second kappa shape index (κ2) is 7.44. The molecule has 6 nitrogen and oxygen atoms in total. The molecule has 0 aliphatic carbocycles. The zero-order chi connectivity index (χ0) is 19.1. The lowest BCUT2D eigenvalue weighted by Gasteiger charge is -2.26. The van der Waals surface area contributed by atoms with Crippen LogP contribution in [0.15, 0.2) is 5.03 Å². The number of hydrogen-bond acceptors (Lipinski definition) is 7. The van der Waals surface area contributed by atoms with Gasteiger partial charge in [-0.15, -0.1) is 11.3 Å². The van der Waals surface area contributed by atoms with Crippen LogP contribution < -0.4 is 0 Å². The number of fused-ring (bicyclic) bond motifs is 1. The summed E-state index contributed by atoms with van der Waals surface area (Å²) < 4.78 is 23.5. The van der Waals surface area contributed by atoms with E-state index >= 15 is 0 Å². The summed E-state index contributed by atoms with van der Waals surface area (Å²) in [4.78, 5) is 25.6. The fraction of sp³-hybridized carbons (Fsp3) is 0.588. The van der Waals surface area contributed by atoms with Gasteiger partial charge in [-0.3, -0.25) is 4.79 Å². The average molecular weight is 414 g/mol. The Morgan fingerprint density at radius 1 is 1.31 bits per heavy atom. The summed E-state index contributed by atoms with van der Waals surface area (Å²) in [6, 6.07) is -0.199. The first-order chi connectivity index (χ1) is 12.2. The molecule has 0 unspecified atom stereocenters. The quantitative estimate of drug-likeness (QED) is 0.554. The van der Waals surface area contributed by atoms with Gasteiger partial charge in [-0.25, -0.2) is 18.4 Å². The highest BCUT2D eigenvalue weighted by Crippen LogP contribution is 2.35. The molecule has 1 saturated heterocycles. The molecular formula is C17H23N3O3S3. The van der Waals surface area contributed by atoms with E-state index in [9.17, 15) is 13.2 Å². The average Bonchev–Trinajstić information content (AvgIpc) is 3.05. The highest BCUT2D eigenvalue weighted by Gasteiger charge is 2.33. The largest absolute Gasteiger partial charge is 0.338 e.